The molecule has 0 aliphatic rings. The summed E-state index contributed by atoms with van der Waals surface area (Å²) in [5, 5.41) is 0. The Balaban J connectivity index is 2.49. The van der Waals surface area contributed by atoms with Gasteiger partial charge in [-0.2, -0.15) is 0 Å². The van der Waals surface area contributed by atoms with Crippen LogP contribution in [0, 0.1) is 14.3 Å². The van der Waals surface area contributed by atoms with Crippen molar-refractivity contribution in [3.63, 3.8) is 0 Å². The SMILES string of the molecule is COC(=O)c1cccc(Oc2c(I)c(I)c(I)c(OC)c2I)c1. The van der Waals surface area contributed by atoms with E-state index in [4.69, 9.17) is 14.2 Å². The van der Waals surface area contributed by atoms with E-state index in [1.54, 1.807) is 31.4 Å². The number of hydrogen-bond donors (Lipinski definition) is 0. The molecule has 4 nitrogen and oxygen atoms in total. The highest BCUT2D eigenvalue weighted by Gasteiger charge is 2.21. The van der Waals surface area contributed by atoms with Crippen LogP contribution in [-0.2, 0) is 4.74 Å². The maximum absolute atomic E-state index is 11.6. The summed E-state index contributed by atoms with van der Waals surface area (Å²) >= 11 is 9.00. The maximum atomic E-state index is 11.6. The highest BCUT2D eigenvalue weighted by atomic mass is 127. The van der Waals surface area contributed by atoms with Crippen LogP contribution >= 0.6 is 90.4 Å². The van der Waals surface area contributed by atoms with Gasteiger partial charge in [0.2, 0.25) is 0 Å². The molecular weight excluding hydrogens is 752 g/mol. The van der Waals surface area contributed by atoms with Crippen LogP contribution in [0.15, 0.2) is 24.3 Å². The van der Waals surface area contributed by atoms with Crippen molar-refractivity contribution >= 4 is 96.3 Å². The highest BCUT2D eigenvalue weighted by Crippen LogP contribution is 2.43. The van der Waals surface area contributed by atoms with Gasteiger partial charge in [-0.05, 0) is 109 Å². The van der Waals surface area contributed by atoms with Crippen molar-refractivity contribution in [2.24, 2.45) is 0 Å². The van der Waals surface area contributed by atoms with Crippen LogP contribution in [0.3, 0.4) is 0 Å². The molecule has 0 aliphatic heterocycles. The minimum absolute atomic E-state index is 0.394. The lowest BCUT2D eigenvalue weighted by atomic mass is 10.2. The molecule has 0 atom stereocenters. The van der Waals surface area contributed by atoms with Crippen LogP contribution in [0.1, 0.15) is 10.4 Å². The monoisotopic (exact) mass is 762 g/mol. The molecule has 0 saturated heterocycles. The van der Waals surface area contributed by atoms with E-state index in [2.05, 4.69) is 90.4 Å². The van der Waals surface area contributed by atoms with E-state index in [-0.39, 0.29) is 0 Å². The van der Waals surface area contributed by atoms with E-state index in [0.29, 0.717) is 11.3 Å². The summed E-state index contributed by atoms with van der Waals surface area (Å²) in [6.07, 6.45) is 0. The Kier molecular flexibility index (Phi) is 7.46. The second kappa shape index (κ2) is 8.69. The van der Waals surface area contributed by atoms with Crippen LogP contribution in [0.4, 0.5) is 0 Å². The lowest BCUT2D eigenvalue weighted by Gasteiger charge is -2.16. The fraction of sp³-hybridized carbons (Fsp3) is 0.133. The lowest BCUT2D eigenvalue weighted by molar-refractivity contribution is 0.0600. The maximum Gasteiger partial charge on any atom is 0.337 e. The van der Waals surface area contributed by atoms with Gasteiger partial charge in [0.15, 0.2) is 5.75 Å². The van der Waals surface area contributed by atoms with Crippen LogP contribution in [-0.4, -0.2) is 20.2 Å². The first kappa shape index (κ1) is 19.8. The Morgan fingerprint density at radius 1 is 0.913 bits per heavy atom. The summed E-state index contributed by atoms with van der Waals surface area (Å²) in [5.41, 5.74) is 0.446. The van der Waals surface area contributed by atoms with Crippen molar-refractivity contribution in [3.05, 3.63) is 44.1 Å². The first-order valence-corrected chi connectivity index (χ1v) is 10.5. The molecule has 0 radical (unpaired) electrons. The molecule has 122 valence electrons. The molecule has 8 heteroatoms. The van der Waals surface area contributed by atoms with Crippen molar-refractivity contribution in [1.82, 2.24) is 0 Å². The van der Waals surface area contributed by atoms with Gasteiger partial charge in [0.25, 0.3) is 0 Å². The predicted octanol–water partition coefficient (Wildman–Crippen LogP) is 5.69. The molecular formula is C15H10I4O4. The van der Waals surface area contributed by atoms with Crippen LogP contribution < -0.4 is 9.47 Å². The zero-order valence-electron chi connectivity index (χ0n) is 12.0. The average Bonchev–Trinajstić information content (AvgIpc) is 2.57. The standard InChI is InChI=1S/C15H10I4O4/c1-21-13-10(17)9(16)11(18)14(12(13)19)23-8-5-3-4-7(6-8)15(20)22-2/h3-6H,1-2H3. The Morgan fingerprint density at radius 2 is 1.57 bits per heavy atom. The van der Waals surface area contributed by atoms with Gasteiger partial charge < -0.3 is 14.2 Å². The first-order chi connectivity index (χ1) is 10.9. The predicted molar refractivity (Wildman–Crippen MR) is 122 cm³/mol. The van der Waals surface area contributed by atoms with E-state index >= 15 is 0 Å². The highest BCUT2D eigenvalue weighted by molar-refractivity contribution is 14.1. The summed E-state index contributed by atoms with van der Waals surface area (Å²) in [6.45, 7) is 0. The van der Waals surface area contributed by atoms with Crippen molar-refractivity contribution in [1.29, 1.82) is 0 Å². The van der Waals surface area contributed by atoms with Gasteiger partial charge in [-0.3, -0.25) is 0 Å². The van der Waals surface area contributed by atoms with Crippen LogP contribution in [0.5, 0.6) is 17.2 Å². The van der Waals surface area contributed by atoms with E-state index in [1.807, 2.05) is 0 Å². The van der Waals surface area contributed by atoms with Gasteiger partial charge in [-0.1, -0.05) is 6.07 Å². The van der Waals surface area contributed by atoms with Crippen LogP contribution in [0.25, 0.3) is 0 Å². The zero-order chi connectivity index (χ0) is 17.1. The molecule has 23 heavy (non-hydrogen) atoms. The first-order valence-electron chi connectivity index (χ1n) is 6.16. The molecule has 0 unspecified atom stereocenters. The third-order valence-corrected chi connectivity index (χ3v) is 9.04. The van der Waals surface area contributed by atoms with Gasteiger partial charge in [0.05, 0.1) is 30.5 Å². The smallest absolute Gasteiger partial charge is 0.337 e. The van der Waals surface area contributed by atoms with Crippen molar-refractivity contribution in [3.8, 4) is 17.2 Å². The second-order valence-electron chi connectivity index (χ2n) is 4.24. The molecule has 2 aromatic rings. The molecule has 0 N–H and O–H groups in total. The molecule has 0 fully saturated rings. The molecule has 0 bridgehead atoms. The Hall–Kier alpha value is 0.430. The quantitative estimate of drug-likeness (QED) is 0.174. The minimum atomic E-state index is -0.394. The molecule has 0 aliphatic carbocycles. The second-order valence-corrected chi connectivity index (χ2v) is 8.55. The molecule has 2 rings (SSSR count). The fourth-order valence-corrected chi connectivity index (χ4v) is 6.10. The van der Waals surface area contributed by atoms with E-state index < -0.39 is 5.97 Å². The number of halogens is 4. The zero-order valence-corrected chi connectivity index (χ0v) is 20.6. The molecule has 0 heterocycles. The largest absolute Gasteiger partial charge is 0.494 e. The number of carbonyl (C=O) groups is 1. The number of benzene rings is 2. The number of ether oxygens (including phenoxy) is 3. The van der Waals surface area contributed by atoms with Crippen molar-refractivity contribution in [2.75, 3.05) is 14.2 Å². The van der Waals surface area contributed by atoms with E-state index in [0.717, 1.165) is 25.8 Å². The summed E-state index contributed by atoms with van der Waals surface area (Å²) in [7, 11) is 3.00. The van der Waals surface area contributed by atoms with Gasteiger partial charge in [-0.25, -0.2) is 4.79 Å². The minimum Gasteiger partial charge on any atom is -0.494 e. The number of methoxy groups -OCH3 is 2. The Morgan fingerprint density at radius 3 is 2.17 bits per heavy atom. The summed E-state index contributed by atoms with van der Waals surface area (Å²) in [4.78, 5) is 11.6. The normalized spacial score (nSPS) is 10.3. The molecule has 0 amide bonds. The molecule has 0 spiro atoms. The number of esters is 1. The topological polar surface area (TPSA) is 44.8 Å². The third kappa shape index (κ3) is 4.34. The van der Waals surface area contributed by atoms with Gasteiger partial charge in [0.1, 0.15) is 11.5 Å². The van der Waals surface area contributed by atoms with Gasteiger partial charge in [0, 0.05) is 3.57 Å². The Labute approximate surface area is 188 Å². The van der Waals surface area contributed by atoms with Gasteiger partial charge >= 0.3 is 5.97 Å². The number of carbonyl (C=O) groups excluding carboxylic acids is 1. The summed E-state index contributed by atoms with van der Waals surface area (Å²) in [6, 6.07) is 6.91. The lowest BCUT2D eigenvalue weighted by Crippen LogP contribution is -2.03. The third-order valence-electron chi connectivity index (χ3n) is 2.86. The van der Waals surface area contributed by atoms with Crippen molar-refractivity contribution in [2.45, 2.75) is 0 Å². The molecule has 0 saturated carbocycles. The number of rotatable bonds is 4. The Bertz CT molecular complexity index is 762. The average molecular weight is 762 g/mol. The fourth-order valence-electron chi connectivity index (χ4n) is 1.78. The van der Waals surface area contributed by atoms with E-state index in [1.165, 1.54) is 7.11 Å². The number of hydrogen-bond acceptors (Lipinski definition) is 4. The van der Waals surface area contributed by atoms with E-state index in [9.17, 15) is 4.79 Å². The summed E-state index contributed by atoms with van der Waals surface area (Å²) in [5.74, 6) is 1.68. The molecule has 2 aromatic carbocycles. The molecule has 0 aromatic heterocycles. The van der Waals surface area contributed by atoms with Gasteiger partial charge in [-0.15, -0.1) is 0 Å². The van der Waals surface area contributed by atoms with Crippen LogP contribution in [0.2, 0.25) is 0 Å². The van der Waals surface area contributed by atoms with Crippen molar-refractivity contribution < 1.29 is 19.0 Å². The summed E-state index contributed by atoms with van der Waals surface area (Å²) < 4.78 is 20.3.